The van der Waals surface area contributed by atoms with E-state index in [1.165, 1.54) is 6.07 Å². The largest absolute Gasteiger partial charge is 0.393 e. The predicted molar refractivity (Wildman–Crippen MR) is 73.7 cm³/mol. The lowest BCUT2D eigenvalue weighted by Gasteiger charge is -2.20. The van der Waals surface area contributed by atoms with Crippen molar-refractivity contribution in [2.45, 2.75) is 13.5 Å². The van der Waals surface area contributed by atoms with Gasteiger partial charge in [0.1, 0.15) is 5.82 Å². The number of hydrogen-bond acceptors (Lipinski definition) is 2. The van der Waals surface area contributed by atoms with E-state index in [9.17, 15) is 4.39 Å². The molecule has 0 aromatic heterocycles. The van der Waals surface area contributed by atoms with Gasteiger partial charge in [-0.25, -0.2) is 4.39 Å². The molecule has 0 aliphatic rings. The molecule has 0 saturated heterocycles. The molecule has 1 atom stereocenters. The molecule has 0 bridgehead atoms. The molecule has 1 rings (SSSR count). The Balaban J connectivity index is 2.58. The molecule has 1 aromatic carbocycles. The molecule has 0 aliphatic carbocycles. The van der Waals surface area contributed by atoms with Crippen molar-refractivity contribution in [3.63, 3.8) is 0 Å². The summed E-state index contributed by atoms with van der Waals surface area (Å²) in [6.45, 7) is 3.36. The lowest BCUT2D eigenvalue weighted by molar-refractivity contribution is 0.307. The van der Waals surface area contributed by atoms with Crippen LogP contribution < -0.4 is 5.73 Å². The summed E-state index contributed by atoms with van der Waals surface area (Å²) in [5.41, 5.74) is 6.43. The highest BCUT2D eigenvalue weighted by atomic mass is 35.5. The second-order valence-electron chi connectivity index (χ2n) is 4.25. The number of rotatable bonds is 5. The van der Waals surface area contributed by atoms with Crippen LogP contribution >= 0.6 is 23.8 Å². The maximum Gasteiger partial charge on any atom is 0.142 e. The third kappa shape index (κ3) is 4.58. The molecule has 2 N–H and O–H groups in total. The first-order chi connectivity index (χ1) is 7.90. The van der Waals surface area contributed by atoms with Crippen molar-refractivity contribution in [1.82, 2.24) is 4.90 Å². The van der Waals surface area contributed by atoms with Gasteiger partial charge in [-0.1, -0.05) is 36.8 Å². The number of nitrogens with two attached hydrogens (primary N) is 1. The monoisotopic (exact) mass is 274 g/mol. The van der Waals surface area contributed by atoms with Gasteiger partial charge in [-0.2, -0.15) is 0 Å². The molecule has 94 valence electrons. The highest BCUT2D eigenvalue weighted by molar-refractivity contribution is 7.80. The Bertz CT molecular complexity index is 411. The van der Waals surface area contributed by atoms with Crippen molar-refractivity contribution >= 4 is 28.8 Å². The SMILES string of the molecule is CC(CN(C)Cc1ccc(Cl)c(F)c1)C(N)=S. The molecule has 0 spiro atoms. The third-order valence-electron chi connectivity index (χ3n) is 2.51. The smallest absolute Gasteiger partial charge is 0.142 e. The van der Waals surface area contributed by atoms with Crippen LogP contribution in [0, 0.1) is 11.7 Å². The highest BCUT2D eigenvalue weighted by Crippen LogP contribution is 2.16. The van der Waals surface area contributed by atoms with E-state index in [1.807, 2.05) is 24.9 Å². The average Bonchev–Trinajstić information content (AvgIpc) is 2.23. The number of benzene rings is 1. The molecular formula is C12H16ClFN2S. The first kappa shape index (κ1) is 14.4. The van der Waals surface area contributed by atoms with Gasteiger partial charge in [-0.15, -0.1) is 0 Å². The Kier molecular flexibility index (Phi) is 5.31. The Morgan fingerprint density at radius 1 is 1.59 bits per heavy atom. The minimum absolute atomic E-state index is 0.146. The molecular weight excluding hydrogens is 259 g/mol. The third-order valence-corrected chi connectivity index (χ3v) is 3.22. The zero-order valence-electron chi connectivity index (χ0n) is 9.91. The molecule has 0 aliphatic heterocycles. The molecule has 1 aromatic rings. The van der Waals surface area contributed by atoms with Crippen LogP contribution in [-0.4, -0.2) is 23.5 Å². The zero-order valence-corrected chi connectivity index (χ0v) is 11.5. The fraction of sp³-hybridized carbons (Fsp3) is 0.417. The van der Waals surface area contributed by atoms with E-state index in [2.05, 4.69) is 0 Å². The van der Waals surface area contributed by atoms with Crippen molar-refractivity contribution in [2.75, 3.05) is 13.6 Å². The summed E-state index contributed by atoms with van der Waals surface area (Å²) in [6.07, 6.45) is 0. The molecule has 17 heavy (non-hydrogen) atoms. The van der Waals surface area contributed by atoms with Crippen LogP contribution in [0.4, 0.5) is 4.39 Å². The molecule has 0 fully saturated rings. The van der Waals surface area contributed by atoms with Crippen LogP contribution in [0.25, 0.3) is 0 Å². The Hall–Kier alpha value is -0.710. The number of hydrogen-bond donors (Lipinski definition) is 1. The van der Waals surface area contributed by atoms with E-state index in [4.69, 9.17) is 29.6 Å². The fourth-order valence-corrected chi connectivity index (χ4v) is 1.76. The van der Waals surface area contributed by atoms with Gasteiger partial charge in [0.05, 0.1) is 10.0 Å². The van der Waals surface area contributed by atoms with E-state index < -0.39 is 0 Å². The summed E-state index contributed by atoms with van der Waals surface area (Å²) in [6, 6.07) is 4.83. The fourth-order valence-electron chi connectivity index (χ4n) is 1.57. The van der Waals surface area contributed by atoms with Crippen LogP contribution in [0.5, 0.6) is 0 Å². The van der Waals surface area contributed by atoms with Gasteiger partial charge in [0.25, 0.3) is 0 Å². The first-order valence-electron chi connectivity index (χ1n) is 5.32. The molecule has 0 heterocycles. The van der Waals surface area contributed by atoms with E-state index in [0.29, 0.717) is 11.5 Å². The van der Waals surface area contributed by atoms with E-state index in [1.54, 1.807) is 6.07 Å². The van der Waals surface area contributed by atoms with Crippen LogP contribution in [0.15, 0.2) is 18.2 Å². The van der Waals surface area contributed by atoms with Crippen molar-refractivity contribution < 1.29 is 4.39 Å². The summed E-state index contributed by atoms with van der Waals surface area (Å²) >= 11 is 10.5. The van der Waals surface area contributed by atoms with E-state index >= 15 is 0 Å². The summed E-state index contributed by atoms with van der Waals surface area (Å²) in [7, 11) is 1.95. The Morgan fingerprint density at radius 2 is 2.24 bits per heavy atom. The quantitative estimate of drug-likeness (QED) is 0.838. The summed E-state index contributed by atoms with van der Waals surface area (Å²) < 4.78 is 13.2. The second-order valence-corrected chi connectivity index (χ2v) is 5.13. The Morgan fingerprint density at radius 3 is 2.76 bits per heavy atom. The van der Waals surface area contributed by atoms with Gasteiger partial charge < -0.3 is 10.6 Å². The average molecular weight is 275 g/mol. The van der Waals surface area contributed by atoms with Gasteiger partial charge in [0.15, 0.2) is 0 Å². The summed E-state index contributed by atoms with van der Waals surface area (Å²) in [4.78, 5) is 2.55. The van der Waals surface area contributed by atoms with Gasteiger partial charge in [0, 0.05) is 19.0 Å². The van der Waals surface area contributed by atoms with Crippen LogP contribution in [-0.2, 0) is 6.54 Å². The molecule has 1 unspecified atom stereocenters. The Labute approximate surface area is 112 Å². The summed E-state index contributed by atoms with van der Waals surface area (Å²) in [5.74, 6) is -0.243. The van der Waals surface area contributed by atoms with Crippen LogP contribution in [0.2, 0.25) is 5.02 Å². The highest BCUT2D eigenvalue weighted by Gasteiger charge is 2.10. The lowest BCUT2D eigenvalue weighted by Crippen LogP contribution is -2.31. The van der Waals surface area contributed by atoms with Crippen molar-refractivity contribution in [3.05, 3.63) is 34.6 Å². The number of thiocarbonyl (C=S) groups is 1. The second kappa shape index (κ2) is 6.28. The van der Waals surface area contributed by atoms with Crippen molar-refractivity contribution in [2.24, 2.45) is 11.7 Å². The number of halogens is 2. The molecule has 0 radical (unpaired) electrons. The minimum Gasteiger partial charge on any atom is -0.393 e. The summed E-state index contributed by atoms with van der Waals surface area (Å²) in [5, 5.41) is 0.146. The maximum absolute atomic E-state index is 13.2. The normalized spacial score (nSPS) is 12.8. The molecule has 5 heteroatoms. The van der Waals surface area contributed by atoms with Crippen molar-refractivity contribution in [1.29, 1.82) is 0 Å². The van der Waals surface area contributed by atoms with Crippen LogP contribution in [0.1, 0.15) is 12.5 Å². The maximum atomic E-state index is 13.2. The van der Waals surface area contributed by atoms with Crippen LogP contribution in [0.3, 0.4) is 0 Å². The topological polar surface area (TPSA) is 29.3 Å². The molecule has 2 nitrogen and oxygen atoms in total. The predicted octanol–water partition coefficient (Wildman–Crippen LogP) is 2.83. The number of nitrogens with zero attached hydrogens (tertiary/aromatic N) is 1. The van der Waals surface area contributed by atoms with Gasteiger partial charge >= 0.3 is 0 Å². The van der Waals surface area contributed by atoms with E-state index in [-0.39, 0.29) is 16.8 Å². The minimum atomic E-state index is -0.389. The first-order valence-corrected chi connectivity index (χ1v) is 6.10. The molecule has 0 amide bonds. The lowest BCUT2D eigenvalue weighted by atomic mass is 10.1. The molecule has 0 saturated carbocycles. The van der Waals surface area contributed by atoms with Gasteiger partial charge in [0.2, 0.25) is 0 Å². The van der Waals surface area contributed by atoms with E-state index in [0.717, 1.165) is 12.1 Å². The zero-order chi connectivity index (χ0) is 13.0. The van der Waals surface area contributed by atoms with Gasteiger partial charge in [-0.05, 0) is 24.7 Å². The van der Waals surface area contributed by atoms with Gasteiger partial charge in [-0.3, -0.25) is 0 Å². The standard InChI is InChI=1S/C12H16ClFN2S/c1-8(12(15)17)6-16(2)7-9-3-4-10(13)11(14)5-9/h3-5,8H,6-7H2,1-2H3,(H2,15,17). The van der Waals surface area contributed by atoms with Crippen molar-refractivity contribution in [3.8, 4) is 0 Å².